The van der Waals surface area contributed by atoms with Crippen LogP contribution in [0.4, 0.5) is 0 Å². The molecule has 690 valence electrons. The molecule has 1 nitrogen and oxygen atoms in total. The normalized spacial score (nSPS) is 15.1. The molecular formula is C120H204O. The van der Waals surface area contributed by atoms with E-state index in [-0.39, 0.29) is 0 Å². The van der Waals surface area contributed by atoms with Gasteiger partial charge in [0.25, 0.3) is 0 Å². The highest BCUT2D eigenvalue weighted by Gasteiger charge is 2.06. The van der Waals surface area contributed by atoms with E-state index < -0.39 is 0 Å². The molecule has 1 N–H and O–H groups in total. The molecular weight excluding hydrogens is 1460 g/mol. The Morgan fingerprint density at radius 1 is 0.157 bits per heavy atom. The fourth-order valence-electron chi connectivity index (χ4n) is 16.2. The van der Waals surface area contributed by atoms with E-state index in [0.717, 1.165) is 128 Å². The molecule has 0 bridgehead atoms. The van der Waals surface area contributed by atoms with Crippen molar-refractivity contribution in [1.29, 1.82) is 0 Å². The Morgan fingerprint density at radius 2 is 0.273 bits per heavy atom. The zero-order valence-corrected chi connectivity index (χ0v) is 84.9. The van der Waals surface area contributed by atoms with E-state index in [1.165, 1.54) is 334 Å². The van der Waals surface area contributed by atoms with Gasteiger partial charge in [-0.2, -0.15) is 0 Å². The van der Waals surface area contributed by atoms with Crippen LogP contribution in [-0.2, 0) is 0 Å². The van der Waals surface area contributed by atoms with Crippen LogP contribution in [0.15, 0.2) is 221 Å². The summed E-state index contributed by atoms with van der Waals surface area (Å²) < 4.78 is 0. The first-order valence-corrected chi connectivity index (χ1v) is 51.4. The van der Waals surface area contributed by atoms with Gasteiger partial charge in [-0.25, -0.2) is 0 Å². The van der Waals surface area contributed by atoms with Gasteiger partial charge in [0.2, 0.25) is 0 Å². The maximum atomic E-state index is 9.13. The lowest BCUT2D eigenvalue weighted by molar-refractivity contribution is 0.259. The second-order valence-corrected chi connectivity index (χ2v) is 39.0. The summed E-state index contributed by atoms with van der Waals surface area (Å²) in [4.78, 5) is 0. The molecule has 0 spiro atoms. The standard InChI is InChI=1S/C120H204O/c1-22-23-24-25-26-27-28-29-30-31-32-33-34-35-36-37-38-39-40-60-101(2)61-41-62-102(3)63-42-64-103(4)65-43-66-104(5)67-44-68-105(6)69-45-70-106(7)71-46-72-107(8)73-47-74-108(9)75-48-76-109(10)77-49-78-110(11)79-50-80-111(12)81-51-82-112(13)83-52-84-113(14)85-53-86-114(15)87-54-88-115(16)89-55-90-116(17)91-56-92-117(18)93-57-94-118(19)95-58-96-119(20)97-59-98-120(21)99-100-121/h61,63,65,67,69,71,73,75,77,79,81,83,85,87,89,91,93,95,97,120-121H,22-60,62,64,66,68,70,72,74,76,78,80,82,84,86,88,90,92,94,96,98-100H2,1-21H3/b101-61+,102-63+,103-65+,104-67+,105-69+,106-71+,107-73+,108-75+,109-77+,110-79+,111-81+,112-83+,113-85+,114-87+,115-89+,116-91+,117-93+,118-95+,119-97+/t120-/m1/s1. The van der Waals surface area contributed by atoms with Gasteiger partial charge in [0.05, 0.1) is 0 Å². The van der Waals surface area contributed by atoms with Gasteiger partial charge in [0.1, 0.15) is 0 Å². The number of allylic oxidation sites excluding steroid dienone is 38. The summed E-state index contributed by atoms with van der Waals surface area (Å²) >= 11 is 0. The summed E-state index contributed by atoms with van der Waals surface area (Å²) in [7, 11) is 0. The lowest BCUT2D eigenvalue weighted by atomic mass is 10.0. The zero-order valence-electron chi connectivity index (χ0n) is 84.9. The van der Waals surface area contributed by atoms with Gasteiger partial charge < -0.3 is 5.11 Å². The number of rotatable bonds is 79. The van der Waals surface area contributed by atoms with Gasteiger partial charge in [-0.1, -0.05) is 351 Å². The van der Waals surface area contributed by atoms with Crippen molar-refractivity contribution in [3.05, 3.63) is 221 Å². The van der Waals surface area contributed by atoms with Crippen LogP contribution in [0.25, 0.3) is 0 Å². The van der Waals surface area contributed by atoms with Crippen molar-refractivity contribution in [3.63, 3.8) is 0 Å². The maximum Gasteiger partial charge on any atom is 0.0433 e. The summed E-state index contributed by atoms with van der Waals surface area (Å²) in [5.41, 5.74) is 29.2. The van der Waals surface area contributed by atoms with Gasteiger partial charge in [-0.3, -0.25) is 0 Å². The van der Waals surface area contributed by atoms with Crippen molar-refractivity contribution in [2.75, 3.05) is 6.61 Å². The Balaban J connectivity index is 4.28. The lowest BCUT2D eigenvalue weighted by Crippen LogP contribution is -1.97. The van der Waals surface area contributed by atoms with E-state index in [1.807, 2.05) is 0 Å². The Kier molecular flexibility index (Phi) is 79.8. The number of aliphatic hydroxyl groups excluding tert-OH is 1. The molecule has 121 heavy (non-hydrogen) atoms. The first-order valence-electron chi connectivity index (χ1n) is 51.4. The van der Waals surface area contributed by atoms with E-state index in [2.05, 4.69) is 261 Å². The molecule has 1 heteroatoms. The van der Waals surface area contributed by atoms with Crippen LogP contribution in [0.1, 0.15) is 524 Å². The van der Waals surface area contributed by atoms with Crippen LogP contribution in [0, 0.1) is 5.92 Å². The minimum atomic E-state index is 0.308. The van der Waals surface area contributed by atoms with Crippen molar-refractivity contribution in [3.8, 4) is 0 Å². The molecule has 0 unspecified atom stereocenters. The summed E-state index contributed by atoms with van der Waals surface area (Å²) in [6, 6.07) is 0. The Morgan fingerprint density at radius 3 is 0.405 bits per heavy atom. The highest BCUT2D eigenvalue weighted by molar-refractivity contribution is 5.16. The van der Waals surface area contributed by atoms with E-state index in [0.29, 0.717) is 12.5 Å². The van der Waals surface area contributed by atoms with Crippen LogP contribution in [0.5, 0.6) is 0 Å². The molecule has 0 rings (SSSR count). The van der Waals surface area contributed by atoms with E-state index in [9.17, 15) is 0 Å². The lowest BCUT2D eigenvalue weighted by Gasteiger charge is -2.07. The zero-order chi connectivity index (χ0) is 89.4. The van der Waals surface area contributed by atoms with E-state index in [1.54, 1.807) is 22.3 Å². The average Bonchev–Trinajstić information content (AvgIpc) is 0.932. The fourth-order valence-corrected chi connectivity index (χ4v) is 16.2. The van der Waals surface area contributed by atoms with Crippen molar-refractivity contribution < 1.29 is 5.11 Å². The van der Waals surface area contributed by atoms with Gasteiger partial charge in [-0.15, -0.1) is 0 Å². The van der Waals surface area contributed by atoms with Gasteiger partial charge in [-0.05, 0) is 401 Å². The molecule has 0 saturated carbocycles. The first kappa shape index (κ1) is 116. The summed E-state index contributed by atoms with van der Waals surface area (Å²) in [5, 5.41) is 9.13. The predicted molar refractivity (Wildman–Crippen MR) is 556 cm³/mol. The quantitative estimate of drug-likeness (QED) is 0.0475. The summed E-state index contributed by atoms with van der Waals surface area (Å²) in [6.07, 6.45) is 121. The van der Waals surface area contributed by atoms with Crippen LogP contribution in [-0.4, -0.2) is 11.7 Å². The molecule has 0 aliphatic heterocycles. The topological polar surface area (TPSA) is 20.2 Å². The van der Waals surface area contributed by atoms with Crippen LogP contribution in [0.2, 0.25) is 0 Å². The second-order valence-electron chi connectivity index (χ2n) is 39.0. The van der Waals surface area contributed by atoms with Crippen LogP contribution in [0.3, 0.4) is 0 Å². The van der Waals surface area contributed by atoms with Crippen LogP contribution < -0.4 is 0 Å². The third-order valence-corrected chi connectivity index (χ3v) is 25.5. The molecule has 0 amide bonds. The van der Waals surface area contributed by atoms with Gasteiger partial charge in [0, 0.05) is 6.61 Å². The van der Waals surface area contributed by atoms with Crippen LogP contribution >= 0.6 is 0 Å². The molecule has 0 aliphatic carbocycles. The Hall–Kier alpha value is -4.98. The number of hydrogen-bond donors (Lipinski definition) is 1. The molecule has 0 saturated heterocycles. The third-order valence-electron chi connectivity index (χ3n) is 25.5. The molecule has 0 fully saturated rings. The molecule has 0 aliphatic rings. The molecule has 0 heterocycles. The largest absolute Gasteiger partial charge is 0.396 e. The maximum absolute atomic E-state index is 9.13. The minimum Gasteiger partial charge on any atom is -0.396 e. The van der Waals surface area contributed by atoms with Gasteiger partial charge >= 0.3 is 0 Å². The SMILES string of the molecule is CCCCCCCCCCCCCCCCCCCCC/C(C)=C/CC/C(C)=C/CC/C(C)=C/CC/C(C)=C/CC/C(C)=C/CC/C(C)=C/CC/C(C)=C/CC/C(C)=C/CC/C(C)=C/CC/C(C)=C/CC/C(C)=C/CC/C(C)=C/CC/C(C)=C/CC/C(C)=C/CC/C(C)=C/CC/C(C)=C/CC/C(C)=C/CC/C(C)=C/CC/C(C)=C/CC[C@@H](C)CCO. The number of unbranched alkanes of at least 4 members (excludes halogenated alkanes) is 18. The smallest absolute Gasteiger partial charge is 0.0433 e. The fraction of sp³-hybridized carbons (Fsp3) is 0.683. The molecule has 0 aromatic carbocycles. The van der Waals surface area contributed by atoms with Crippen molar-refractivity contribution in [2.24, 2.45) is 5.92 Å². The number of hydrogen-bond acceptors (Lipinski definition) is 1. The molecule has 1 atom stereocenters. The average molecular weight is 1660 g/mol. The predicted octanol–water partition coefficient (Wildman–Crippen LogP) is 41.6. The number of aliphatic hydroxyl groups is 1. The Labute approximate surface area is 758 Å². The molecule has 0 aromatic rings. The first-order chi connectivity index (χ1) is 58.3. The van der Waals surface area contributed by atoms with E-state index in [4.69, 9.17) is 5.11 Å². The molecule has 0 radical (unpaired) electrons. The van der Waals surface area contributed by atoms with Crippen molar-refractivity contribution >= 4 is 0 Å². The summed E-state index contributed by atoms with van der Waals surface area (Å²) in [5.74, 6) is 0.610. The van der Waals surface area contributed by atoms with Crippen molar-refractivity contribution in [2.45, 2.75) is 524 Å². The summed E-state index contributed by atoms with van der Waals surface area (Å²) in [6.45, 7) is 49.0. The second kappa shape index (κ2) is 83.3. The van der Waals surface area contributed by atoms with E-state index >= 15 is 0 Å². The highest BCUT2D eigenvalue weighted by atomic mass is 16.3. The monoisotopic (exact) mass is 1660 g/mol. The Bertz CT molecular complexity index is 3230. The van der Waals surface area contributed by atoms with Gasteiger partial charge in [0.15, 0.2) is 0 Å². The molecule has 0 aromatic heterocycles. The van der Waals surface area contributed by atoms with Crippen molar-refractivity contribution in [1.82, 2.24) is 0 Å². The highest BCUT2D eigenvalue weighted by Crippen LogP contribution is 2.25. The minimum absolute atomic E-state index is 0.308. The third kappa shape index (κ3) is 83.0.